The van der Waals surface area contributed by atoms with Gasteiger partial charge in [-0.05, 0) is 57.2 Å². The molecule has 1 atom stereocenters. The molecule has 0 saturated heterocycles. The van der Waals surface area contributed by atoms with Gasteiger partial charge in [0.05, 0.1) is 12.8 Å². The van der Waals surface area contributed by atoms with Crippen molar-refractivity contribution >= 4 is 11.6 Å². The number of hydrazone groups is 1. The second kappa shape index (κ2) is 8.28. The molecule has 2 aromatic rings. The standard InChI is InChI=1S/C19H21FN2O3/c1-12-5-10-18(24-4)17(11-12)13(2)21-22-19(23)14(3)25-16-8-6-15(20)7-9-16/h5-11,14H,1-4H3,(H,22,23)/b21-13-/t14-/m1/s1. The monoisotopic (exact) mass is 344 g/mol. The van der Waals surface area contributed by atoms with Crippen LogP contribution in [0, 0.1) is 12.7 Å². The maximum absolute atomic E-state index is 12.9. The summed E-state index contributed by atoms with van der Waals surface area (Å²) < 4.78 is 23.7. The van der Waals surface area contributed by atoms with Crippen molar-refractivity contribution in [3.05, 3.63) is 59.4 Å². The Morgan fingerprint density at radius 3 is 2.52 bits per heavy atom. The molecule has 25 heavy (non-hydrogen) atoms. The van der Waals surface area contributed by atoms with Crippen molar-refractivity contribution in [3.8, 4) is 11.5 Å². The Balaban J connectivity index is 2.03. The predicted octanol–water partition coefficient (Wildman–Crippen LogP) is 3.45. The zero-order valence-corrected chi connectivity index (χ0v) is 14.7. The maximum atomic E-state index is 12.9. The van der Waals surface area contributed by atoms with Crippen LogP contribution in [0.25, 0.3) is 0 Å². The molecule has 6 heteroatoms. The molecular weight excluding hydrogens is 323 g/mol. The van der Waals surface area contributed by atoms with Gasteiger partial charge in [-0.15, -0.1) is 0 Å². The second-order valence-corrected chi connectivity index (χ2v) is 5.59. The molecule has 1 N–H and O–H groups in total. The fourth-order valence-corrected chi connectivity index (χ4v) is 2.17. The molecule has 0 fully saturated rings. The predicted molar refractivity (Wildman–Crippen MR) is 94.6 cm³/mol. The highest BCUT2D eigenvalue weighted by Gasteiger charge is 2.15. The number of hydrogen-bond donors (Lipinski definition) is 1. The van der Waals surface area contributed by atoms with Crippen molar-refractivity contribution in [1.82, 2.24) is 5.43 Å². The number of methoxy groups -OCH3 is 1. The normalized spacial score (nSPS) is 12.4. The first-order valence-corrected chi connectivity index (χ1v) is 7.82. The Morgan fingerprint density at radius 2 is 1.88 bits per heavy atom. The minimum Gasteiger partial charge on any atom is -0.496 e. The summed E-state index contributed by atoms with van der Waals surface area (Å²) in [5.41, 5.74) is 4.95. The Morgan fingerprint density at radius 1 is 1.20 bits per heavy atom. The maximum Gasteiger partial charge on any atom is 0.280 e. The second-order valence-electron chi connectivity index (χ2n) is 5.59. The van der Waals surface area contributed by atoms with E-state index in [1.165, 1.54) is 24.3 Å². The summed E-state index contributed by atoms with van der Waals surface area (Å²) in [5, 5.41) is 4.12. The van der Waals surface area contributed by atoms with Crippen LogP contribution in [0.2, 0.25) is 0 Å². The summed E-state index contributed by atoms with van der Waals surface area (Å²) in [5.74, 6) is 0.314. The average molecular weight is 344 g/mol. The van der Waals surface area contributed by atoms with Crippen LogP contribution in [0.4, 0.5) is 4.39 Å². The average Bonchev–Trinajstić information content (AvgIpc) is 2.61. The lowest BCUT2D eigenvalue weighted by Crippen LogP contribution is -2.34. The van der Waals surface area contributed by atoms with Gasteiger partial charge in [0.2, 0.25) is 0 Å². The van der Waals surface area contributed by atoms with Gasteiger partial charge in [0.25, 0.3) is 5.91 Å². The Hall–Kier alpha value is -2.89. The number of nitrogens with one attached hydrogen (secondary N) is 1. The van der Waals surface area contributed by atoms with Crippen LogP contribution in [0.3, 0.4) is 0 Å². The van der Waals surface area contributed by atoms with Gasteiger partial charge in [-0.2, -0.15) is 5.10 Å². The smallest absolute Gasteiger partial charge is 0.280 e. The van der Waals surface area contributed by atoms with E-state index >= 15 is 0 Å². The first kappa shape index (κ1) is 18.4. The molecule has 0 aromatic heterocycles. The van der Waals surface area contributed by atoms with Gasteiger partial charge < -0.3 is 9.47 Å². The van der Waals surface area contributed by atoms with Gasteiger partial charge in [0.15, 0.2) is 6.10 Å². The zero-order chi connectivity index (χ0) is 18.4. The topological polar surface area (TPSA) is 59.9 Å². The summed E-state index contributed by atoms with van der Waals surface area (Å²) in [6.45, 7) is 5.34. The van der Waals surface area contributed by atoms with E-state index in [-0.39, 0.29) is 5.82 Å². The van der Waals surface area contributed by atoms with Crippen molar-refractivity contribution < 1.29 is 18.7 Å². The number of benzene rings is 2. The lowest BCUT2D eigenvalue weighted by molar-refractivity contribution is -0.127. The summed E-state index contributed by atoms with van der Waals surface area (Å²) >= 11 is 0. The van der Waals surface area contributed by atoms with Crippen LogP contribution < -0.4 is 14.9 Å². The Kier molecular flexibility index (Phi) is 6.11. The van der Waals surface area contributed by atoms with E-state index < -0.39 is 12.0 Å². The largest absolute Gasteiger partial charge is 0.496 e. The molecular formula is C19H21FN2O3. The first-order valence-electron chi connectivity index (χ1n) is 7.82. The van der Waals surface area contributed by atoms with E-state index in [1.807, 2.05) is 25.1 Å². The van der Waals surface area contributed by atoms with Gasteiger partial charge in [-0.1, -0.05) is 11.6 Å². The van der Waals surface area contributed by atoms with E-state index in [9.17, 15) is 9.18 Å². The number of carbonyl (C=O) groups excluding carboxylic acids is 1. The minimum absolute atomic E-state index is 0.364. The summed E-state index contributed by atoms with van der Waals surface area (Å²) in [6, 6.07) is 11.2. The molecule has 0 heterocycles. The van der Waals surface area contributed by atoms with Crippen molar-refractivity contribution in [3.63, 3.8) is 0 Å². The van der Waals surface area contributed by atoms with Gasteiger partial charge >= 0.3 is 0 Å². The van der Waals surface area contributed by atoms with Gasteiger partial charge in [0, 0.05) is 5.56 Å². The molecule has 132 valence electrons. The van der Waals surface area contributed by atoms with Crippen molar-refractivity contribution in [2.45, 2.75) is 26.9 Å². The van der Waals surface area contributed by atoms with Crippen molar-refractivity contribution in [1.29, 1.82) is 0 Å². The van der Waals surface area contributed by atoms with Gasteiger partial charge in [-0.3, -0.25) is 4.79 Å². The Labute approximate surface area is 146 Å². The molecule has 0 bridgehead atoms. The number of hydrogen-bond acceptors (Lipinski definition) is 4. The lowest BCUT2D eigenvalue weighted by Gasteiger charge is -2.14. The van der Waals surface area contributed by atoms with Crippen LogP contribution in [-0.4, -0.2) is 24.8 Å². The molecule has 0 radical (unpaired) electrons. The molecule has 0 aliphatic carbocycles. The van der Waals surface area contributed by atoms with Crippen LogP contribution in [0.5, 0.6) is 11.5 Å². The molecule has 2 aromatic carbocycles. The highest BCUT2D eigenvalue weighted by atomic mass is 19.1. The number of rotatable bonds is 6. The molecule has 2 rings (SSSR count). The third-order valence-electron chi connectivity index (χ3n) is 3.57. The zero-order valence-electron chi connectivity index (χ0n) is 14.7. The van der Waals surface area contributed by atoms with Crippen LogP contribution in [0.15, 0.2) is 47.6 Å². The summed E-state index contributed by atoms with van der Waals surface area (Å²) in [6.07, 6.45) is -0.776. The van der Waals surface area contributed by atoms with E-state index in [0.29, 0.717) is 17.2 Å². The number of amides is 1. The highest BCUT2D eigenvalue weighted by Crippen LogP contribution is 2.20. The van der Waals surface area contributed by atoms with E-state index in [0.717, 1.165) is 11.1 Å². The highest BCUT2D eigenvalue weighted by molar-refractivity contribution is 6.01. The van der Waals surface area contributed by atoms with E-state index in [2.05, 4.69) is 10.5 Å². The fourth-order valence-electron chi connectivity index (χ4n) is 2.17. The van der Waals surface area contributed by atoms with Crippen LogP contribution in [0.1, 0.15) is 25.0 Å². The van der Waals surface area contributed by atoms with Crippen molar-refractivity contribution in [2.75, 3.05) is 7.11 Å². The molecule has 0 spiro atoms. The van der Waals surface area contributed by atoms with Gasteiger partial charge in [-0.25, -0.2) is 9.82 Å². The Bertz CT molecular complexity index is 773. The van der Waals surface area contributed by atoms with Crippen LogP contribution in [-0.2, 0) is 4.79 Å². The molecule has 0 saturated carbocycles. The van der Waals surface area contributed by atoms with Crippen molar-refractivity contribution in [2.24, 2.45) is 5.10 Å². The van der Waals surface area contributed by atoms with E-state index in [4.69, 9.17) is 9.47 Å². The molecule has 1 amide bonds. The van der Waals surface area contributed by atoms with Gasteiger partial charge in [0.1, 0.15) is 17.3 Å². The minimum atomic E-state index is -0.776. The number of ether oxygens (including phenoxy) is 2. The number of nitrogens with zero attached hydrogens (tertiary/aromatic N) is 1. The SMILES string of the molecule is COc1ccc(C)cc1/C(C)=N\NC(=O)[C@@H](C)Oc1ccc(F)cc1. The quantitative estimate of drug-likeness (QED) is 0.645. The summed E-state index contributed by atoms with van der Waals surface area (Å²) in [4.78, 5) is 12.1. The number of aryl methyl sites for hydroxylation is 1. The van der Waals surface area contributed by atoms with E-state index in [1.54, 1.807) is 21.0 Å². The molecule has 0 aliphatic rings. The molecule has 0 aliphatic heterocycles. The molecule has 5 nitrogen and oxygen atoms in total. The van der Waals surface area contributed by atoms with Crippen LogP contribution >= 0.6 is 0 Å². The summed E-state index contributed by atoms with van der Waals surface area (Å²) in [7, 11) is 1.58. The number of carbonyl (C=O) groups is 1. The fraction of sp³-hybridized carbons (Fsp3) is 0.263. The third-order valence-corrected chi connectivity index (χ3v) is 3.57. The molecule has 0 unspecified atom stereocenters. The lowest BCUT2D eigenvalue weighted by atomic mass is 10.1. The number of halogens is 1. The first-order chi connectivity index (χ1) is 11.9. The third kappa shape index (κ3) is 5.04.